The van der Waals surface area contributed by atoms with Crippen LogP contribution >= 0.6 is 0 Å². The lowest BCUT2D eigenvalue weighted by Gasteiger charge is -2.32. The molecule has 2 aromatic rings. The highest BCUT2D eigenvalue weighted by Gasteiger charge is 2.34. The van der Waals surface area contributed by atoms with Crippen molar-refractivity contribution in [1.82, 2.24) is 25.3 Å². The van der Waals surface area contributed by atoms with Crippen LogP contribution in [0.1, 0.15) is 83.2 Å². The van der Waals surface area contributed by atoms with E-state index in [0.29, 0.717) is 12.0 Å². The number of piperidine rings is 2. The Morgan fingerprint density at radius 1 is 1.03 bits per heavy atom. The fourth-order valence-corrected chi connectivity index (χ4v) is 5.73. The van der Waals surface area contributed by atoms with Crippen LogP contribution in [0.4, 0.5) is 0 Å². The molecule has 3 fully saturated rings. The van der Waals surface area contributed by atoms with Gasteiger partial charge in [0.25, 0.3) is 5.91 Å². The van der Waals surface area contributed by atoms with E-state index in [1.165, 1.54) is 48.2 Å². The fraction of sp³-hybridized carbons (Fsp3) is 0.600. The van der Waals surface area contributed by atoms with Crippen LogP contribution in [0.3, 0.4) is 0 Å². The van der Waals surface area contributed by atoms with Gasteiger partial charge in [0.2, 0.25) is 0 Å². The van der Waals surface area contributed by atoms with E-state index in [2.05, 4.69) is 49.6 Å². The Balaban J connectivity index is 1.07. The number of fused-ring (bicyclic) bond motifs is 1. The Hall–Kier alpha value is -2.18. The molecule has 6 nitrogen and oxygen atoms in total. The van der Waals surface area contributed by atoms with Crippen LogP contribution in [0.2, 0.25) is 0 Å². The van der Waals surface area contributed by atoms with Gasteiger partial charge in [-0.3, -0.25) is 14.8 Å². The van der Waals surface area contributed by atoms with Gasteiger partial charge in [-0.25, -0.2) is 0 Å². The average molecular weight is 420 g/mol. The van der Waals surface area contributed by atoms with Gasteiger partial charge in [-0.1, -0.05) is 12.1 Å². The number of aromatic amines is 1. The maximum absolute atomic E-state index is 12.9. The number of H-pyrrole nitrogens is 1. The number of hydrogen-bond donors (Lipinski definition) is 2. The molecule has 3 aliphatic heterocycles. The highest BCUT2D eigenvalue weighted by molar-refractivity contribution is 5.98. The van der Waals surface area contributed by atoms with E-state index in [9.17, 15) is 4.79 Å². The van der Waals surface area contributed by atoms with Crippen LogP contribution < -0.4 is 5.32 Å². The lowest BCUT2D eigenvalue weighted by Crippen LogP contribution is -2.46. The van der Waals surface area contributed by atoms with Gasteiger partial charge < -0.3 is 10.2 Å². The van der Waals surface area contributed by atoms with Gasteiger partial charge in [0.05, 0.1) is 5.69 Å². The smallest absolute Gasteiger partial charge is 0.254 e. The molecule has 2 saturated heterocycles. The summed E-state index contributed by atoms with van der Waals surface area (Å²) < 4.78 is 0. The van der Waals surface area contributed by atoms with Gasteiger partial charge in [-0.2, -0.15) is 5.10 Å². The second kappa shape index (κ2) is 8.06. The number of likely N-dealkylation sites (tertiary alicyclic amines) is 1. The molecule has 0 spiro atoms. The summed E-state index contributed by atoms with van der Waals surface area (Å²) in [5.74, 6) is 1.57. The normalized spacial score (nSPS) is 25.2. The average Bonchev–Trinajstić information content (AvgIpc) is 3.48. The maximum Gasteiger partial charge on any atom is 0.254 e. The van der Waals surface area contributed by atoms with E-state index in [-0.39, 0.29) is 5.91 Å². The zero-order valence-corrected chi connectivity index (χ0v) is 18.3. The van der Waals surface area contributed by atoms with Crippen molar-refractivity contribution in [1.29, 1.82) is 0 Å². The molecule has 31 heavy (non-hydrogen) atoms. The molecule has 4 aliphatic rings. The number of rotatable bonds is 5. The molecule has 1 amide bonds. The minimum absolute atomic E-state index is 0.231. The molecule has 0 radical (unpaired) electrons. The first-order valence-corrected chi connectivity index (χ1v) is 12.2. The number of hydrogen-bond acceptors (Lipinski definition) is 4. The first kappa shape index (κ1) is 19.5. The largest absolute Gasteiger partial charge is 0.330 e. The zero-order valence-electron chi connectivity index (χ0n) is 18.3. The third-order valence-corrected chi connectivity index (χ3v) is 7.79. The summed E-state index contributed by atoms with van der Waals surface area (Å²) in [6, 6.07) is 9.27. The summed E-state index contributed by atoms with van der Waals surface area (Å²) in [4.78, 5) is 17.6. The minimum Gasteiger partial charge on any atom is -0.330 e. The maximum atomic E-state index is 12.9. The number of benzene rings is 1. The predicted octanol–water partition coefficient (Wildman–Crippen LogP) is 3.37. The van der Waals surface area contributed by atoms with Crippen molar-refractivity contribution in [3.8, 4) is 0 Å². The molecule has 164 valence electrons. The summed E-state index contributed by atoms with van der Waals surface area (Å²) in [6.45, 7) is 5.99. The van der Waals surface area contributed by atoms with Crippen molar-refractivity contribution in [2.75, 3.05) is 26.2 Å². The lowest BCUT2D eigenvalue weighted by atomic mass is 9.88. The van der Waals surface area contributed by atoms with E-state index < -0.39 is 0 Å². The van der Waals surface area contributed by atoms with E-state index >= 15 is 0 Å². The molecular weight excluding hydrogens is 386 g/mol. The van der Waals surface area contributed by atoms with Gasteiger partial charge in [0.15, 0.2) is 0 Å². The number of aromatic nitrogens is 2. The predicted molar refractivity (Wildman–Crippen MR) is 120 cm³/mol. The Kier molecular flexibility index (Phi) is 5.07. The molecule has 6 rings (SSSR count). The van der Waals surface area contributed by atoms with Gasteiger partial charge >= 0.3 is 0 Å². The molecular formula is C25H33N5O. The SMILES string of the molecule is O=C1c2ccc(C3CCN(Cc4cc(C5CC5)[nH]n4)CC3)cc2CN1C1CCCNC1. The number of nitrogens with zero attached hydrogens (tertiary/aromatic N) is 3. The topological polar surface area (TPSA) is 64.3 Å². The zero-order chi connectivity index (χ0) is 20.8. The second-order valence-electron chi connectivity index (χ2n) is 9.99. The van der Waals surface area contributed by atoms with E-state index in [1.54, 1.807) is 0 Å². The standard InChI is InChI=1S/C25H33N5O/c31-25-23-6-5-19(12-20(23)15-30(25)22-2-1-9-26-14-22)17-7-10-29(11-8-17)16-21-13-24(28-27-21)18-3-4-18/h5-6,12-13,17-18,22,26H,1-4,7-11,14-16H2,(H,27,28). The lowest BCUT2D eigenvalue weighted by molar-refractivity contribution is 0.0674. The number of carbonyl (C=O) groups is 1. The Morgan fingerprint density at radius 2 is 1.90 bits per heavy atom. The van der Waals surface area contributed by atoms with Gasteiger partial charge in [0.1, 0.15) is 0 Å². The monoisotopic (exact) mass is 419 g/mol. The van der Waals surface area contributed by atoms with Crippen LogP contribution in [0.15, 0.2) is 24.3 Å². The van der Waals surface area contributed by atoms with Crippen molar-refractivity contribution in [3.05, 3.63) is 52.3 Å². The van der Waals surface area contributed by atoms with E-state index in [1.807, 2.05) is 0 Å². The molecule has 1 unspecified atom stereocenters. The highest BCUT2D eigenvalue weighted by Crippen LogP contribution is 2.39. The third kappa shape index (κ3) is 3.92. The molecule has 1 aliphatic carbocycles. The van der Waals surface area contributed by atoms with Crippen molar-refractivity contribution in [2.45, 2.75) is 69.5 Å². The van der Waals surface area contributed by atoms with Crippen LogP contribution in [-0.4, -0.2) is 58.1 Å². The van der Waals surface area contributed by atoms with Gasteiger partial charge in [-0.05, 0) is 87.3 Å². The first-order valence-electron chi connectivity index (χ1n) is 12.2. The first-order chi connectivity index (χ1) is 15.2. The van der Waals surface area contributed by atoms with Crippen LogP contribution in [-0.2, 0) is 13.1 Å². The number of nitrogens with one attached hydrogen (secondary N) is 2. The quantitative estimate of drug-likeness (QED) is 0.780. The van der Waals surface area contributed by atoms with Gasteiger partial charge in [0, 0.05) is 42.9 Å². The van der Waals surface area contributed by atoms with E-state index in [0.717, 1.165) is 63.6 Å². The molecule has 1 saturated carbocycles. The van der Waals surface area contributed by atoms with Crippen molar-refractivity contribution >= 4 is 5.91 Å². The molecule has 6 heteroatoms. The summed E-state index contributed by atoms with van der Waals surface area (Å²) >= 11 is 0. The third-order valence-electron chi connectivity index (χ3n) is 7.79. The second-order valence-corrected chi connectivity index (χ2v) is 9.99. The molecule has 1 aromatic heterocycles. The summed E-state index contributed by atoms with van der Waals surface area (Å²) in [7, 11) is 0. The van der Waals surface area contributed by atoms with Crippen LogP contribution in [0.25, 0.3) is 0 Å². The molecule has 1 aromatic carbocycles. The van der Waals surface area contributed by atoms with Crippen LogP contribution in [0, 0.1) is 0 Å². The molecule has 0 bridgehead atoms. The number of carbonyl (C=O) groups excluding carboxylic acids is 1. The fourth-order valence-electron chi connectivity index (χ4n) is 5.73. The van der Waals surface area contributed by atoms with Crippen molar-refractivity contribution in [2.24, 2.45) is 0 Å². The summed E-state index contributed by atoms with van der Waals surface area (Å²) in [5, 5.41) is 11.2. The Labute approximate surface area is 184 Å². The summed E-state index contributed by atoms with van der Waals surface area (Å²) in [6.07, 6.45) is 7.28. The highest BCUT2D eigenvalue weighted by atomic mass is 16.2. The number of amides is 1. The van der Waals surface area contributed by atoms with Gasteiger partial charge in [-0.15, -0.1) is 0 Å². The van der Waals surface area contributed by atoms with Crippen molar-refractivity contribution < 1.29 is 4.79 Å². The van der Waals surface area contributed by atoms with Crippen LogP contribution in [0.5, 0.6) is 0 Å². The molecule has 1 atom stereocenters. The molecule has 2 N–H and O–H groups in total. The van der Waals surface area contributed by atoms with E-state index in [4.69, 9.17) is 0 Å². The Bertz CT molecular complexity index is 951. The van der Waals surface area contributed by atoms with Crippen molar-refractivity contribution in [3.63, 3.8) is 0 Å². The minimum atomic E-state index is 0.231. The molecule has 4 heterocycles. The Morgan fingerprint density at radius 3 is 2.68 bits per heavy atom. The summed E-state index contributed by atoms with van der Waals surface area (Å²) in [5.41, 5.74) is 6.10.